The summed E-state index contributed by atoms with van der Waals surface area (Å²) in [7, 11) is 0. The number of esters is 3. The second-order valence-electron chi connectivity index (χ2n) is 20.6. The van der Waals surface area contributed by atoms with E-state index in [4.69, 9.17) is 14.2 Å². The summed E-state index contributed by atoms with van der Waals surface area (Å²) in [6.07, 6.45) is 98.2. The largest absolute Gasteiger partial charge is 0.462 e. The topological polar surface area (TPSA) is 78.9 Å². The lowest BCUT2D eigenvalue weighted by Gasteiger charge is -2.18. The Morgan fingerprint density at radius 3 is 0.762 bits per heavy atom. The highest BCUT2D eigenvalue weighted by atomic mass is 16.6. The van der Waals surface area contributed by atoms with Gasteiger partial charge in [-0.25, -0.2) is 0 Å². The standard InChI is InChI=1S/C74H116O6/c1-4-7-10-13-16-18-20-22-24-26-28-30-31-32-33-34-35-36-37-38-39-40-41-42-43-45-46-48-50-52-54-56-58-61-64-67-73(76)79-70-71(69-78-72(75)66-63-60-15-12-9-6-3)80-74(77)68-65-62-59-57-55-53-51-49-47-44-29-27-25-23-21-19-17-14-11-8-5-2/h7-8,10-11,16-19,22-25,28-30,32-33,35-36,38-39,41-42,44-46,49,51,71H,4-6,9,12-15,20-21,26-27,31,34,37,40,43,47-48,50,52-70H2,1-3H3/b10-7-,11-8-,18-16-,19-17-,24-22-,25-23-,30-28-,33-32-,36-35-,39-38-,42-41-,44-29-,46-45-,51-49-. The Balaban J connectivity index is 4.18. The van der Waals surface area contributed by atoms with Crippen LogP contribution in [-0.2, 0) is 28.6 Å². The van der Waals surface area contributed by atoms with Gasteiger partial charge in [0.2, 0.25) is 0 Å². The number of hydrogen-bond donors (Lipinski definition) is 0. The molecule has 0 aliphatic rings. The highest BCUT2D eigenvalue weighted by Crippen LogP contribution is 2.14. The van der Waals surface area contributed by atoms with Gasteiger partial charge in [0.05, 0.1) is 0 Å². The second-order valence-corrected chi connectivity index (χ2v) is 20.6. The van der Waals surface area contributed by atoms with Crippen molar-refractivity contribution >= 4 is 17.9 Å². The molecule has 0 aliphatic carbocycles. The minimum atomic E-state index is -0.798. The van der Waals surface area contributed by atoms with Crippen LogP contribution in [0.5, 0.6) is 0 Å². The molecule has 0 aromatic heterocycles. The number of allylic oxidation sites excluding steroid dienone is 28. The van der Waals surface area contributed by atoms with Crippen molar-refractivity contribution < 1.29 is 28.6 Å². The fourth-order valence-corrected chi connectivity index (χ4v) is 8.23. The molecule has 80 heavy (non-hydrogen) atoms. The average molecular weight is 1100 g/mol. The molecule has 0 spiro atoms. The molecule has 1 atom stereocenters. The fourth-order valence-electron chi connectivity index (χ4n) is 8.23. The zero-order valence-electron chi connectivity index (χ0n) is 51.3. The Morgan fingerprint density at radius 1 is 0.263 bits per heavy atom. The lowest BCUT2D eigenvalue weighted by Crippen LogP contribution is -2.30. The summed E-state index contributed by atoms with van der Waals surface area (Å²) in [5, 5.41) is 0. The molecule has 0 rings (SSSR count). The maximum atomic E-state index is 12.8. The van der Waals surface area contributed by atoms with Gasteiger partial charge in [-0.3, -0.25) is 14.4 Å². The van der Waals surface area contributed by atoms with E-state index in [2.05, 4.69) is 191 Å². The van der Waals surface area contributed by atoms with E-state index in [1.54, 1.807) is 0 Å². The first-order valence-corrected chi connectivity index (χ1v) is 32.1. The van der Waals surface area contributed by atoms with E-state index < -0.39 is 6.10 Å². The summed E-state index contributed by atoms with van der Waals surface area (Å²) in [6, 6.07) is 0. The zero-order valence-corrected chi connectivity index (χ0v) is 51.3. The number of ether oxygens (including phenoxy) is 3. The van der Waals surface area contributed by atoms with E-state index in [1.807, 2.05) is 0 Å². The summed E-state index contributed by atoms with van der Waals surface area (Å²) < 4.78 is 16.8. The van der Waals surface area contributed by atoms with Gasteiger partial charge in [-0.2, -0.15) is 0 Å². The van der Waals surface area contributed by atoms with Gasteiger partial charge in [0.25, 0.3) is 0 Å². The third-order valence-electron chi connectivity index (χ3n) is 13.0. The van der Waals surface area contributed by atoms with Crippen LogP contribution in [0.15, 0.2) is 170 Å². The Labute approximate surface area is 492 Å². The van der Waals surface area contributed by atoms with Gasteiger partial charge >= 0.3 is 17.9 Å². The van der Waals surface area contributed by atoms with Crippen LogP contribution in [0.3, 0.4) is 0 Å². The quantitative estimate of drug-likeness (QED) is 0.0261. The van der Waals surface area contributed by atoms with Crippen molar-refractivity contribution in [2.24, 2.45) is 0 Å². The van der Waals surface area contributed by atoms with Crippen molar-refractivity contribution in [2.75, 3.05) is 13.2 Å². The molecule has 0 saturated heterocycles. The zero-order chi connectivity index (χ0) is 57.8. The van der Waals surface area contributed by atoms with Crippen LogP contribution in [0.25, 0.3) is 0 Å². The smallest absolute Gasteiger partial charge is 0.306 e. The molecule has 0 aromatic carbocycles. The second kappa shape index (κ2) is 66.3. The molecule has 0 N–H and O–H groups in total. The van der Waals surface area contributed by atoms with Crippen LogP contribution in [0, 0.1) is 0 Å². The van der Waals surface area contributed by atoms with E-state index in [1.165, 1.54) is 44.9 Å². The first kappa shape index (κ1) is 74.8. The predicted octanol–water partition coefficient (Wildman–Crippen LogP) is 22.3. The molecular formula is C74H116O6. The van der Waals surface area contributed by atoms with Crippen LogP contribution in [0.2, 0.25) is 0 Å². The normalized spacial score (nSPS) is 13.3. The third-order valence-corrected chi connectivity index (χ3v) is 13.0. The number of rotatable bonds is 56. The molecular weight excluding hydrogens is 985 g/mol. The molecule has 0 fully saturated rings. The van der Waals surface area contributed by atoms with E-state index >= 15 is 0 Å². The molecule has 0 heterocycles. The first-order chi connectivity index (χ1) is 39.5. The van der Waals surface area contributed by atoms with E-state index in [9.17, 15) is 14.4 Å². The van der Waals surface area contributed by atoms with Crippen molar-refractivity contribution in [3.8, 4) is 0 Å². The van der Waals surface area contributed by atoms with E-state index in [0.717, 1.165) is 173 Å². The number of hydrogen-bond acceptors (Lipinski definition) is 6. The van der Waals surface area contributed by atoms with Gasteiger partial charge < -0.3 is 14.2 Å². The monoisotopic (exact) mass is 1100 g/mol. The van der Waals surface area contributed by atoms with Crippen molar-refractivity contribution in [3.05, 3.63) is 170 Å². The summed E-state index contributed by atoms with van der Waals surface area (Å²) in [5.41, 5.74) is 0. The Kier molecular flexibility index (Phi) is 61.9. The molecule has 0 radical (unpaired) electrons. The molecule has 0 amide bonds. The Hall–Kier alpha value is -5.23. The molecule has 0 aliphatic heterocycles. The van der Waals surface area contributed by atoms with E-state index in [0.29, 0.717) is 19.3 Å². The highest BCUT2D eigenvalue weighted by molar-refractivity contribution is 5.71. The Morgan fingerprint density at radius 2 is 0.487 bits per heavy atom. The number of carbonyl (C=O) groups is 3. The predicted molar refractivity (Wildman–Crippen MR) is 348 cm³/mol. The van der Waals surface area contributed by atoms with Crippen LogP contribution >= 0.6 is 0 Å². The van der Waals surface area contributed by atoms with Crippen molar-refractivity contribution in [1.82, 2.24) is 0 Å². The molecule has 0 saturated carbocycles. The van der Waals surface area contributed by atoms with Gasteiger partial charge in [-0.1, -0.05) is 274 Å². The third kappa shape index (κ3) is 63.6. The molecule has 448 valence electrons. The maximum absolute atomic E-state index is 12.8. The number of unbranched alkanes of at least 4 members (excludes halogenated alkanes) is 17. The van der Waals surface area contributed by atoms with Crippen molar-refractivity contribution in [2.45, 2.75) is 264 Å². The van der Waals surface area contributed by atoms with Gasteiger partial charge in [-0.05, 0) is 135 Å². The maximum Gasteiger partial charge on any atom is 0.306 e. The van der Waals surface area contributed by atoms with Crippen LogP contribution in [-0.4, -0.2) is 37.2 Å². The van der Waals surface area contributed by atoms with E-state index in [-0.39, 0.29) is 31.1 Å². The fraction of sp³-hybridized carbons (Fsp3) is 0.581. The molecule has 6 nitrogen and oxygen atoms in total. The first-order valence-electron chi connectivity index (χ1n) is 32.1. The van der Waals surface area contributed by atoms with Gasteiger partial charge in [0.15, 0.2) is 6.10 Å². The van der Waals surface area contributed by atoms with Crippen LogP contribution in [0.1, 0.15) is 258 Å². The van der Waals surface area contributed by atoms with Gasteiger partial charge in [0, 0.05) is 19.3 Å². The molecule has 0 aromatic rings. The summed E-state index contributed by atoms with van der Waals surface area (Å²) in [6.45, 7) is 6.31. The summed E-state index contributed by atoms with van der Waals surface area (Å²) in [4.78, 5) is 38.0. The minimum Gasteiger partial charge on any atom is -0.462 e. The lowest BCUT2D eigenvalue weighted by molar-refractivity contribution is -0.167. The average Bonchev–Trinajstić information content (AvgIpc) is 3.46. The summed E-state index contributed by atoms with van der Waals surface area (Å²) in [5.74, 6) is -0.942. The lowest BCUT2D eigenvalue weighted by atomic mass is 10.1. The number of carbonyl (C=O) groups excluding carboxylic acids is 3. The van der Waals surface area contributed by atoms with Crippen molar-refractivity contribution in [1.29, 1.82) is 0 Å². The van der Waals surface area contributed by atoms with Gasteiger partial charge in [0.1, 0.15) is 13.2 Å². The van der Waals surface area contributed by atoms with Crippen LogP contribution < -0.4 is 0 Å². The SMILES string of the molecule is CC/C=C\C/C=C\C/C=C\C/C=C\C/C=C\C/C=C\C/C=C\C/C=C\C/C=C\CCCCCCCCCC(=O)OCC(COC(=O)CCCCCCCC)OC(=O)CCCCCCC/C=C\C/C=C\C/C=C\C/C=C\C/C=C\CC. The summed E-state index contributed by atoms with van der Waals surface area (Å²) >= 11 is 0. The van der Waals surface area contributed by atoms with Gasteiger partial charge in [-0.15, -0.1) is 0 Å². The van der Waals surface area contributed by atoms with Crippen LogP contribution in [0.4, 0.5) is 0 Å². The molecule has 6 heteroatoms. The molecule has 0 bridgehead atoms. The Bertz CT molecular complexity index is 1840. The van der Waals surface area contributed by atoms with Crippen molar-refractivity contribution in [3.63, 3.8) is 0 Å². The highest BCUT2D eigenvalue weighted by Gasteiger charge is 2.19. The molecule has 1 unspecified atom stereocenters. The minimum absolute atomic E-state index is 0.0958.